The molecule has 28 heavy (non-hydrogen) atoms. The quantitative estimate of drug-likeness (QED) is 0.683. The Kier molecular flexibility index (Phi) is 8.02. The number of hydrogen-bond acceptors (Lipinski definition) is 4. The molecule has 2 aromatic rings. The smallest absolute Gasteiger partial charge is 0.407 e. The predicted octanol–water partition coefficient (Wildman–Crippen LogP) is 3.63. The van der Waals surface area contributed by atoms with Gasteiger partial charge in [-0.3, -0.25) is 10.2 Å². The van der Waals surface area contributed by atoms with Crippen LogP contribution in [0.1, 0.15) is 38.3 Å². The molecule has 0 aliphatic heterocycles. The lowest BCUT2D eigenvalue weighted by Crippen LogP contribution is -2.42. The molecule has 0 heterocycles. The average molecular weight is 383 g/mol. The van der Waals surface area contributed by atoms with Crippen molar-refractivity contribution < 1.29 is 14.3 Å². The molecule has 2 rings (SSSR count). The van der Waals surface area contributed by atoms with Gasteiger partial charge in [-0.05, 0) is 31.9 Å². The Morgan fingerprint density at radius 3 is 1.86 bits per heavy atom. The van der Waals surface area contributed by atoms with Gasteiger partial charge < -0.3 is 10.1 Å². The second-order valence-electron chi connectivity index (χ2n) is 7.54. The van der Waals surface area contributed by atoms with Crippen LogP contribution in [0, 0.1) is 0 Å². The van der Waals surface area contributed by atoms with Gasteiger partial charge in [0.15, 0.2) is 0 Å². The molecule has 2 aromatic carbocycles. The largest absolute Gasteiger partial charge is 0.444 e. The van der Waals surface area contributed by atoms with Crippen LogP contribution < -0.4 is 10.7 Å². The first-order valence-electron chi connectivity index (χ1n) is 9.41. The summed E-state index contributed by atoms with van der Waals surface area (Å²) in [6.07, 6.45) is -0.356. The molecule has 0 saturated heterocycles. The normalized spacial score (nSPS) is 11.1. The molecule has 150 valence electrons. The summed E-state index contributed by atoms with van der Waals surface area (Å²) in [6, 6.07) is 19.9. The van der Waals surface area contributed by atoms with Crippen LogP contribution in [-0.2, 0) is 22.6 Å². The van der Waals surface area contributed by atoms with Crippen molar-refractivity contribution in [2.24, 2.45) is 0 Å². The first-order valence-corrected chi connectivity index (χ1v) is 9.41. The van der Waals surface area contributed by atoms with Gasteiger partial charge in [0.1, 0.15) is 5.60 Å². The van der Waals surface area contributed by atoms with E-state index in [0.29, 0.717) is 13.1 Å². The molecule has 0 saturated carbocycles. The zero-order valence-electron chi connectivity index (χ0n) is 16.8. The summed E-state index contributed by atoms with van der Waals surface area (Å²) in [6.45, 7) is 6.77. The zero-order valence-corrected chi connectivity index (χ0v) is 16.8. The summed E-state index contributed by atoms with van der Waals surface area (Å²) in [5.41, 5.74) is 4.58. The van der Waals surface area contributed by atoms with Crippen molar-refractivity contribution in [3.63, 3.8) is 0 Å². The highest BCUT2D eigenvalue weighted by atomic mass is 16.6. The summed E-state index contributed by atoms with van der Waals surface area (Å²) < 4.78 is 5.17. The Hall–Kier alpha value is -2.86. The number of nitrogens with zero attached hydrogens (tertiary/aromatic N) is 1. The number of carbonyl (C=O) groups is 2. The van der Waals surface area contributed by atoms with Crippen LogP contribution in [0.25, 0.3) is 0 Å². The molecule has 0 aliphatic rings. The maximum Gasteiger partial charge on any atom is 0.407 e. The van der Waals surface area contributed by atoms with Crippen molar-refractivity contribution in [3.05, 3.63) is 71.8 Å². The molecule has 0 aromatic heterocycles. The summed E-state index contributed by atoms with van der Waals surface area (Å²) in [5.74, 6) is -0.164. The third-order valence-electron chi connectivity index (χ3n) is 3.74. The Bertz CT molecular complexity index is 701. The van der Waals surface area contributed by atoms with Gasteiger partial charge in [0, 0.05) is 26.1 Å². The molecule has 0 aliphatic carbocycles. The lowest BCUT2D eigenvalue weighted by atomic mass is 10.2. The van der Waals surface area contributed by atoms with Crippen LogP contribution in [0.5, 0.6) is 0 Å². The monoisotopic (exact) mass is 383 g/mol. The standard InChI is InChI=1S/C22H29N3O3/c1-22(2,3)28-21(27)23-15-14-20(26)24-25(16-18-10-6-4-7-11-18)17-19-12-8-5-9-13-19/h4-13H,14-17H2,1-3H3,(H,23,27)(H,24,26). The minimum atomic E-state index is -0.561. The van der Waals surface area contributed by atoms with Crippen molar-refractivity contribution in [2.45, 2.75) is 45.9 Å². The van der Waals surface area contributed by atoms with Crippen LogP contribution in [0.2, 0.25) is 0 Å². The molecule has 0 bridgehead atoms. The number of amides is 2. The summed E-state index contributed by atoms with van der Waals surface area (Å²) in [4.78, 5) is 24.0. The third-order valence-corrected chi connectivity index (χ3v) is 3.74. The number of hydrazine groups is 1. The summed E-state index contributed by atoms with van der Waals surface area (Å²) >= 11 is 0. The van der Waals surface area contributed by atoms with Crippen LogP contribution in [0.15, 0.2) is 60.7 Å². The molecule has 6 heteroatoms. The van der Waals surface area contributed by atoms with Gasteiger partial charge in [0.2, 0.25) is 5.91 Å². The van der Waals surface area contributed by atoms with Crippen molar-refractivity contribution in [2.75, 3.05) is 6.54 Å². The zero-order chi connectivity index (χ0) is 20.4. The molecular formula is C22H29N3O3. The van der Waals surface area contributed by atoms with Gasteiger partial charge in [-0.2, -0.15) is 0 Å². The molecule has 2 amide bonds. The number of alkyl carbamates (subject to hydrolysis) is 1. The van der Waals surface area contributed by atoms with Gasteiger partial charge >= 0.3 is 6.09 Å². The van der Waals surface area contributed by atoms with Crippen LogP contribution >= 0.6 is 0 Å². The molecular weight excluding hydrogens is 354 g/mol. The first-order chi connectivity index (χ1) is 13.3. The average Bonchev–Trinajstić information content (AvgIpc) is 2.62. The fourth-order valence-corrected chi connectivity index (χ4v) is 2.57. The Labute approximate surface area is 166 Å². The van der Waals surface area contributed by atoms with E-state index in [9.17, 15) is 9.59 Å². The SMILES string of the molecule is CC(C)(C)OC(=O)NCCC(=O)NN(Cc1ccccc1)Cc1ccccc1. The lowest BCUT2D eigenvalue weighted by Gasteiger charge is -2.24. The van der Waals surface area contributed by atoms with Gasteiger partial charge in [-0.25, -0.2) is 9.80 Å². The fourth-order valence-electron chi connectivity index (χ4n) is 2.57. The number of hydrogen-bond donors (Lipinski definition) is 2. The number of carbonyl (C=O) groups excluding carboxylic acids is 2. The highest BCUT2D eigenvalue weighted by Crippen LogP contribution is 2.08. The van der Waals surface area contributed by atoms with E-state index in [2.05, 4.69) is 10.7 Å². The number of nitrogens with one attached hydrogen (secondary N) is 2. The van der Waals surface area contributed by atoms with E-state index < -0.39 is 11.7 Å². The number of rotatable bonds is 8. The van der Waals surface area contributed by atoms with Gasteiger partial charge in [0.05, 0.1) is 0 Å². The predicted molar refractivity (Wildman–Crippen MR) is 109 cm³/mol. The molecule has 0 fully saturated rings. The number of benzene rings is 2. The molecule has 2 N–H and O–H groups in total. The van der Waals surface area contributed by atoms with Crippen molar-refractivity contribution in [1.82, 2.24) is 15.8 Å². The molecule has 6 nitrogen and oxygen atoms in total. The van der Waals surface area contributed by atoms with Crippen molar-refractivity contribution in [3.8, 4) is 0 Å². The number of ether oxygens (including phenoxy) is 1. The highest BCUT2D eigenvalue weighted by molar-refractivity contribution is 5.76. The lowest BCUT2D eigenvalue weighted by molar-refractivity contribution is -0.126. The molecule has 0 atom stereocenters. The minimum Gasteiger partial charge on any atom is -0.444 e. The van der Waals surface area contributed by atoms with E-state index in [-0.39, 0.29) is 18.9 Å². The minimum absolute atomic E-state index is 0.164. The van der Waals surface area contributed by atoms with E-state index in [1.54, 1.807) is 20.8 Å². The van der Waals surface area contributed by atoms with Crippen LogP contribution in [0.4, 0.5) is 4.79 Å². The van der Waals surface area contributed by atoms with E-state index >= 15 is 0 Å². The first kappa shape index (κ1) is 21.4. The summed E-state index contributed by atoms with van der Waals surface area (Å²) in [7, 11) is 0. The second kappa shape index (κ2) is 10.5. The third kappa shape index (κ3) is 8.68. The second-order valence-corrected chi connectivity index (χ2v) is 7.54. The van der Waals surface area contributed by atoms with E-state index in [0.717, 1.165) is 11.1 Å². The topological polar surface area (TPSA) is 70.7 Å². The maximum atomic E-state index is 12.4. The maximum absolute atomic E-state index is 12.4. The van der Waals surface area contributed by atoms with Gasteiger partial charge in [-0.1, -0.05) is 60.7 Å². The van der Waals surface area contributed by atoms with E-state index in [4.69, 9.17) is 4.74 Å². The van der Waals surface area contributed by atoms with E-state index in [1.165, 1.54) is 0 Å². The van der Waals surface area contributed by atoms with Gasteiger partial charge in [-0.15, -0.1) is 0 Å². The summed E-state index contributed by atoms with van der Waals surface area (Å²) in [5, 5.41) is 4.48. The highest BCUT2D eigenvalue weighted by Gasteiger charge is 2.16. The Morgan fingerprint density at radius 1 is 0.893 bits per heavy atom. The van der Waals surface area contributed by atoms with E-state index in [1.807, 2.05) is 65.7 Å². The fraction of sp³-hybridized carbons (Fsp3) is 0.364. The Balaban J connectivity index is 1.88. The van der Waals surface area contributed by atoms with Gasteiger partial charge in [0.25, 0.3) is 0 Å². The molecule has 0 radical (unpaired) electrons. The van der Waals surface area contributed by atoms with Crippen LogP contribution in [0.3, 0.4) is 0 Å². The molecule has 0 unspecified atom stereocenters. The van der Waals surface area contributed by atoms with Crippen LogP contribution in [-0.4, -0.2) is 29.2 Å². The molecule has 0 spiro atoms. The van der Waals surface area contributed by atoms with Crippen molar-refractivity contribution in [1.29, 1.82) is 0 Å². The Morgan fingerprint density at radius 2 is 1.39 bits per heavy atom. The van der Waals surface area contributed by atoms with Crippen molar-refractivity contribution >= 4 is 12.0 Å².